The maximum absolute atomic E-state index is 12.8. The summed E-state index contributed by atoms with van der Waals surface area (Å²) in [7, 11) is -9.34. The first-order valence-electron chi connectivity index (χ1n) is 8.45. The standard InChI is InChI=1S/C18H12N6O7S2/c1-11-16(22-18(10-21)12(8-19)9-20)6-15(33(29,30)31)7-17(11)23-32(27,28)14-4-2-3-13(5-14)24(25)26/h2-7,22-23H,1H3,(H,29,30,31). The number of allylic oxidation sites excluding steroid dienone is 2. The number of sulfonamides is 1. The number of hydrogen-bond acceptors (Lipinski definition) is 10. The molecule has 0 heterocycles. The van der Waals surface area contributed by atoms with E-state index in [9.17, 15) is 36.8 Å². The topological polar surface area (TPSA) is 227 Å². The maximum Gasteiger partial charge on any atom is 0.294 e. The Balaban J connectivity index is 2.68. The molecule has 0 radical (unpaired) electrons. The van der Waals surface area contributed by atoms with Crippen LogP contribution in [0.15, 0.2) is 57.5 Å². The lowest BCUT2D eigenvalue weighted by Gasteiger charge is -2.16. The minimum absolute atomic E-state index is 0.0133. The highest BCUT2D eigenvalue weighted by molar-refractivity contribution is 7.92. The number of nitrogens with one attached hydrogen (secondary N) is 2. The summed E-state index contributed by atoms with van der Waals surface area (Å²) < 4.78 is 60.5. The van der Waals surface area contributed by atoms with Crippen LogP contribution in [0.4, 0.5) is 17.1 Å². The molecule has 0 atom stereocenters. The minimum Gasteiger partial charge on any atom is -0.345 e. The molecular weight excluding hydrogens is 476 g/mol. The van der Waals surface area contributed by atoms with Crippen molar-refractivity contribution in [3.05, 3.63) is 63.3 Å². The number of nitriles is 3. The Morgan fingerprint density at radius 1 is 1.00 bits per heavy atom. The van der Waals surface area contributed by atoms with Gasteiger partial charge in [-0.2, -0.15) is 24.2 Å². The van der Waals surface area contributed by atoms with Gasteiger partial charge in [0.15, 0.2) is 5.57 Å². The Kier molecular flexibility index (Phi) is 7.01. The van der Waals surface area contributed by atoms with Crippen molar-refractivity contribution in [1.29, 1.82) is 15.8 Å². The van der Waals surface area contributed by atoms with Gasteiger partial charge in [0.25, 0.3) is 25.8 Å². The Morgan fingerprint density at radius 3 is 2.12 bits per heavy atom. The highest BCUT2D eigenvalue weighted by atomic mass is 32.2. The molecule has 0 bridgehead atoms. The quantitative estimate of drug-likeness (QED) is 0.221. The van der Waals surface area contributed by atoms with E-state index in [2.05, 4.69) is 10.0 Å². The second-order valence-corrected chi connectivity index (χ2v) is 9.29. The number of nitro groups is 1. The molecule has 0 spiro atoms. The molecule has 0 amide bonds. The van der Waals surface area contributed by atoms with Gasteiger partial charge in [-0.15, -0.1) is 0 Å². The normalized spacial score (nSPS) is 10.8. The molecule has 3 N–H and O–H groups in total. The van der Waals surface area contributed by atoms with Gasteiger partial charge >= 0.3 is 0 Å². The molecule has 0 aromatic heterocycles. The minimum atomic E-state index is -4.87. The monoisotopic (exact) mass is 488 g/mol. The highest BCUT2D eigenvalue weighted by Crippen LogP contribution is 2.31. The molecule has 0 aliphatic heterocycles. The van der Waals surface area contributed by atoms with Gasteiger partial charge in [-0.3, -0.25) is 19.4 Å². The summed E-state index contributed by atoms with van der Waals surface area (Å²) in [6, 6.07) is 10.2. The van der Waals surface area contributed by atoms with Crippen LogP contribution in [0.3, 0.4) is 0 Å². The van der Waals surface area contributed by atoms with Crippen LogP contribution in [0.1, 0.15) is 5.56 Å². The average molecular weight is 488 g/mol. The number of anilines is 2. The van der Waals surface area contributed by atoms with Crippen LogP contribution in [0.25, 0.3) is 0 Å². The van der Waals surface area contributed by atoms with E-state index >= 15 is 0 Å². The summed E-state index contributed by atoms with van der Waals surface area (Å²) >= 11 is 0. The lowest BCUT2D eigenvalue weighted by atomic mass is 10.1. The Morgan fingerprint density at radius 2 is 1.61 bits per heavy atom. The Labute approximate surface area is 187 Å². The van der Waals surface area contributed by atoms with Crippen molar-refractivity contribution in [2.75, 3.05) is 10.0 Å². The van der Waals surface area contributed by atoms with Gasteiger partial charge in [-0.1, -0.05) is 6.07 Å². The Bertz CT molecular complexity index is 1510. The molecule has 0 aliphatic carbocycles. The molecule has 2 aromatic carbocycles. The Hall–Kier alpha value is -4.49. The zero-order valence-corrected chi connectivity index (χ0v) is 18.1. The number of benzene rings is 2. The molecule has 13 nitrogen and oxygen atoms in total. The van der Waals surface area contributed by atoms with E-state index < -0.39 is 51.8 Å². The number of hydrogen-bond donors (Lipinski definition) is 3. The van der Waals surface area contributed by atoms with Gasteiger partial charge in [0.2, 0.25) is 0 Å². The molecule has 0 saturated carbocycles. The first-order valence-corrected chi connectivity index (χ1v) is 11.4. The van der Waals surface area contributed by atoms with Crippen molar-refractivity contribution in [3.8, 4) is 18.2 Å². The summed E-state index contributed by atoms with van der Waals surface area (Å²) in [5.74, 6) is 0. The first kappa shape index (κ1) is 24.8. The lowest BCUT2D eigenvalue weighted by Crippen LogP contribution is -2.15. The number of non-ortho nitro benzene ring substituents is 1. The van der Waals surface area contributed by atoms with Crippen molar-refractivity contribution in [3.63, 3.8) is 0 Å². The van der Waals surface area contributed by atoms with Gasteiger partial charge in [-0.05, 0) is 30.7 Å². The fraction of sp³-hybridized carbons (Fsp3) is 0.0556. The summed E-state index contributed by atoms with van der Waals surface area (Å²) in [6.07, 6.45) is 0. The van der Waals surface area contributed by atoms with Crippen LogP contribution in [-0.4, -0.2) is 26.3 Å². The molecule has 2 rings (SSSR count). The van der Waals surface area contributed by atoms with Gasteiger partial charge < -0.3 is 5.32 Å². The summed E-state index contributed by atoms with van der Waals surface area (Å²) in [4.78, 5) is 8.86. The van der Waals surface area contributed by atoms with E-state index in [0.29, 0.717) is 0 Å². The maximum atomic E-state index is 12.8. The number of nitro benzene ring substituents is 1. The molecule has 0 saturated heterocycles. The molecule has 15 heteroatoms. The molecular formula is C18H12N6O7S2. The van der Waals surface area contributed by atoms with Gasteiger partial charge in [0.05, 0.1) is 20.4 Å². The van der Waals surface area contributed by atoms with E-state index in [4.69, 9.17) is 10.5 Å². The zero-order chi connectivity index (χ0) is 25.0. The molecule has 0 unspecified atom stereocenters. The zero-order valence-electron chi connectivity index (χ0n) is 16.5. The van der Waals surface area contributed by atoms with Crippen LogP contribution in [0.5, 0.6) is 0 Å². The third-order valence-corrected chi connectivity index (χ3v) is 6.30. The van der Waals surface area contributed by atoms with Crippen LogP contribution in [0, 0.1) is 51.0 Å². The predicted octanol–water partition coefficient (Wildman–Crippen LogP) is 2.19. The molecule has 0 fully saturated rings. The van der Waals surface area contributed by atoms with Crippen molar-refractivity contribution in [2.45, 2.75) is 16.7 Å². The summed E-state index contributed by atoms with van der Waals surface area (Å²) in [5.41, 5.74) is -2.27. The third-order valence-electron chi connectivity index (χ3n) is 4.11. The van der Waals surface area contributed by atoms with Crippen molar-refractivity contribution in [2.24, 2.45) is 0 Å². The lowest BCUT2D eigenvalue weighted by molar-refractivity contribution is -0.385. The van der Waals surface area contributed by atoms with E-state index in [-0.39, 0.29) is 16.9 Å². The van der Waals surface area contributed by atoms with Crippen LogP contribution >= 0.6 is 0 Å². The van der Waals surface area contributed by atoms with Crippen molar-refractivity contribution < 1.29 is 26.3 Å². The second kappa shape index (κ2) is 9.33. The first-order chi connectivity index (χ1) is 15.3. The summed E-state index contributed by atoms with van der Waals surface area (Å²) in [5, 5.41) is 40.4. The van der Waals surface area contributed by atoms with Gasteiger partial charge in [0.1, 0.15) is 23.9 Å². The van der Waals surface area contributed by atoms with Crippen molar-refractivity contribution >= 4 is 37.2 Å². The molecule has 0 aliphatic rings. The molecule has 33 heavy (non-hydrogen) atoms. The van der Waals surface area contributed by atoms with E-state index in [0.717, 1.165) is 36.4 Å². The predicted molar refractivity (Wildman–Crippen MR) is 112 cm³/mol. The fourth-order valence-electron chi connectivity index (χ4n) is 2.46. The van der Waals surface area contributed by atoms with Crippen LogP contribution < -0.4 is 10.0 Å². The molecule has 2 aromatic rings. The number of rotatable bonds is 7. The summed E-state index contributed by atoms with van der Waals surface area (Å²) in [6.45, 7) is 1.31. The largest absolute Gasteiger partial charge is 0.345 e. The SMILES string of the molecule is Cc1c(NC(C#N)=C(C#N)C#N)cc(S(=O)(=O)O)cc1NS(=O)(=O)c1cccc([N+](=O)[O-])c1. The van der Waals surface area contributed by atoms with Gasteiger partial charge in [-0.25, -0.2) is 8.42 Å². The van der Waals surface area contributed by atoms with Crippen LogP contribution in [-0.2, 0) is 20.1 Å². The van der Waals surface area contributed by atoms with Crippen LogP contribution in [0.2, 0.25) is 0 Å². The van der Waals surface area contributed by atoms with Gasteiger partial charge in [0, 0.05) is 17.8 Å². The average Bonchev–Trinajstić information content (AvgIpc) is 2.75. The van der Waals surface area contributed by atoms with E-state index in [1.807, 2.05) is 0 Å². The molecule has 168 valence electrons. The fourth-order valence-corrected chi connectivity index (χ4v) is 4.14. The van der Waals surface area contributed by atoms with E-state index in [1.165, 1.54) is 19.1 Å². The van der Waals surface area contributed by atoms with Crippen molar-refractivity contribution in [1.82, 2.24) is 0 Å². The number of nitrogens with zero attached hydrogens (tertiary/aromatic N) is 4. The smallest absolute Gasteiger partial charge is 0.294 e. The van der Waals surface area contributed by atoms with E-state index in [1.54, 1.807) is 6.07 Å². The highest BCUT2D eigenvalue weighted by Gasteiger charge is 2.22. The third kappa shape index (κ3) is 5.61. The second-order valence-electron chi connectivity index (χ2n) is 6.19.